The average Bonchev–Trinajstić information content (AvgIpc) is 3.11. The fourth-order valence-electron chi connectivity index (χ4n) is 10.3. The van der Waals surface area contributed by atoms with Crippen LogP contribution in [0.3, 0.4) is 0 Å². The van der Waals surface area contributed by atoms with Gasteiger partial charge in [-0.3, -0.25) is 9.59 Å². The van der Waals surface area contributed by atoms with Crippen molar-refractivity contribution >= 4 is 17.9 Å². The van der Waals surface area contributed by atoms with E-state index in [9.17, 15) is 19.5 Å². The lowest BCUT2D eigenvalue weighted by Crippen LogP contribution is -2.44. The van der Waals surface area contributed by atoms with E-state index in [0.717, 1.165) is 135 Å². The Morgan fingerprint density at radius 2 is 0.557 bits per heavy atom. The molecule has 0 N–H and O–H groups in total. The lowest BCUT2D eigenvalue weighted by molar-refractivity contribution is -0.870. The molecule has 2 unspecified atom stereocenters. The molecule has 0 aliphatic rings. The summed E-state index contributed by atoms with van der Waals surface area (Å²) in [7, 11) is 5.91. The highest BCUT2D eigenvalue weighted by molar-refractivity contribution is 5.70. The Balaban J connectivity index is 4.16. The van der Waals surface area contributed by atoms with Crippen LogP contribution < -0.4 is 5.11 Å². The molecule has 0 amide bonds. The fourth-order valence-corrected chi connectivity index (χ4v) is 10.3. The number of quaternary nitrogens is 1. The number of nitrogens with zero attached hydrogens (tertiary/aromatic N) is 1. The van der Waals surface area contributed by atoms with E-state index in [-0.39, 0.29) is 38.6 Å². The van der Waals surface area contributed by atoms with Crippen molar-refractivity contribution in [2.75, 3.05) is 47.5 Å². The third-order valence-corrected chi connectivity index (χ3v) is 16.1. The molecule has 0 saturated heterocycles. The largest absolute Gasteiger partial charge is 0.545 e. The van der Waals surface area contributed by atoms with E-state index >= 15 is 0 Å². The Hall–Kier alpha value is -5.61. The fraction of sp³-hybridized carbons (Fsp3) is 0.625. The summed E-state index contributed by atoms with van der Waals surface area (Å²) in [5.74, 6) is -2.34. The van der Waals surface area contributed by atoms with Gasteiger partial charge in [-0.05, 0) is 135 Å². The molecule has 9 heteroatoms. The number of ether oxygens (including phenoxy) is 4. The van der Waals surface area contributed by atoms with E-state index in [4.69, 9.17) is 18.9 Å². The molecule has 0 fully saturated rings. The normalized spacial score (nSPS) is 13.7. The number of aliphatic carboxylic acids is 1. The summed E-state index contributed by atoms with van der Waals surface area (Å²) in [6.45, 7) is 4.49. The summed E-state index contributed by atoms with van der Waals surface area (Å²) in [5, 5.41) is 11.9. The highest BCUT2D eigenvalue weighted by atomic mass is 16.7. The SMILES string of the molecule is CC/C=C\C/C=C\C/C=C\C/C=C\C/C=C\C/C=C\C/C=C\C/C=C\C/C=C\C/C=C\C/C=C\CCCCCC(=O)OC(COC(=O)CCCCCCCCCCCCCCCCCCCCCCCC/C=C\C/C=C\C/C=C\C/C=C\CC)COC(OCC[N+](C)(C)C)C(=O)[O-]. The van der Waals surface area contributed by atoms with Crippen LogP contribution in [0, 0.1) is 0 Å². The molecule has 0 aromatic carbocycles. The van der Waals surface area contributed by atoms with Gasteiger partial charge in [0.2, 0.25) is 0 Å². The summed E-state index contributed by atoms with van der Waals surface area (Å²) in [6, 6.07) is 0. The van der Waals surface area contributed by atoms with Gasteiger partial charge >= 0.3 is 11.9 Å². The molecule has 0 rings (SSSR count). The van der Waals surface area contributed by atoms with Crippen molar-refractivity contribution in [3.63, 3.8) is 0 Å². The molecule has 0 spiro atoms. The minimum atomic E-state index is -1.64. The third-order valence-electron chi connectivity index (χ3n) is 16.1. The smallest absolute Gasteiger partial charge is 0.306 e. The summed E-state index contributed by atoms with van der Waals surface area (Å²) < 4.78 is 22.8. The number of carbonyl (C=O) groups excluding carboxylic acids is 3. The first-order valence-corrected chi connectivity index (χ1v) is 38.9. The lowest BCUT2D eigenvalue weighted by Gasteiger charge is -2.26. The van der Waals surface area contributed by atoms with Crippen molar-refractivity contribution in [2.24, 2.45) is 0 Å². The summed E-state index contributed by atoms with van der Waals surface area (Å²) in [5.41, 5.74) is 0. The number of carboxylic acids is 1. The van der Waals surface area contributed by atoms with Gasteiger partial charge in [0.05, 0.1) is 40.3 Å². The van der Waals surface area contributed by atoms with Gasteiger partial charge in [-0.15, -0.1) is 0 Å². The zero-order valence-corrected chi connectivity index (χ0v) is 62.6. The number of hydrogen-bond acceptors (Lipinski definition) is 8. The van der Waals surface area contributed by atoms with Crippen molar-refractivity contribution in [1.82, 2.24) is 0 Å². The topological polar surface area (TPSA) is 111 Å². The van der Waals surface area contributed by atoms with Crippen LogP contribution in [0.5, 0.6) is 0 Å². The molecule has 0 aromatic rings. The lowest BCUT2D eigenvalue weighted by atomic mass is 10.0. The minimum Gasteiger partial charge on any atom is -0.545 e. The van der Waals surface area contributed by atoms with Gasteiger partial charge in [0.15, 0.2) is 12.4 Å². The van der Waals surface area contributed by atoms with E-state index in [2.05, 4.69) is 196 Å². The van der Waals surface area contributed by atoms with Crippen molar-refractivity contribution in [3.05, 3.63) is 182 Å². The van der Waals surface area contributed by atoms with Crippen LogP contribution in [0.4, 0.5) is 0 Å². The van der Waals surface area contributed by atoms with Crippen LogP contribution in [-0.4, -0.2) is 82.3 Å². The molecule has 0 aliphatic heterocycles. The second-order valence-corrected chi connectivity index (χ2v) is 26.5. The first-order chi connectivity index (χ1) is 47.6. The molecule has 0 saturated carbocycles. The molecule has 0 heterocycles. The number of unbranched alkanes of at least 4 members (excludes halogenated alkanes) is 25. The maximum absolute atomic E-state index is 13.0. The second-order valence-electron chi connectivity index (χ2n) is 26.5. The zero-order valence-electron chi connectivity index (χ0n) is 62.6. The van der Waals surface area contributed by atoms with Crippen molar-refractivity contribution < 1.29 is 42.9 Å². The number of rotatable bonds is 70. The molecule has 0 aliphatic carbocycles. The van der Waals surface area contributed by atoms with Gasteiger partial charge in [-0.2, -0.15) is 0 Å². The molecule has 2 atom stereocenters. The van der Waals surface area contributed by atoms with Gasteiger partial charge in [0.1, 0.15) is 13.2 Å². The maximum Gasteiger partial charge on any atom is 0.306 e. The van der Waals surface area contributed by atoms with Crippen LogP contribution in [-0.2, 0) is 33.3 Å². The van der Waals surface area contributed by atoms with Crippen LogP contribution in [0.2, 0.25) is 0 Å². The Morgan fingerprint density at radius 3 is 0.835 bits per heavy atom. The first-order valence-electron chi connectivity index (χ1n) is 38.9. The van der Waals surface area contributed by atoms with Gasteiger partial charge in [-0.1, -0.05) is 331 Å². The van der Waals surface area contributed by atoms with E-state index < -0.39 is 24.3 Å². The Labute approximate surface area is 596 Å². The molecule has 0 radical (unpaired) electrons. The number of likely N-dealkylation sites (N-methyl/N-ethyl adjacent to an activating group) is 1. The predicted molar refractivity (Wildman–Crippen MR) is 416 cm³/mol. The van der Waals surface area contributed by atoms with E-state index in [1.165, 1.54) is 128 Å². The summed E-state index contributed by atoms with van der Waals surface area (Å²) >= 11 is 0. The first kappa shape index (κ1) is 91.4. The van der Waals surface area contributed by atoms with Gasteiger partial charge in [0.25, 0.3) is 0 Å². The van der Waals surface area contributed by atoms with E-state index in [0.29, 0.717) is 17.4 Å². The molecule has 0 aromatic heterocycles. The zero-order chi connectivity index (χ0) is 70.4. The molecule has 548 valence electrons. The molecular weight excluding hydrogens is 1200 g/mol. The van der Waals surface area contributed by atoms with Gasteiger partial charge in [0, 0.05) is 12.8 Å². The Kier molecular flexibility index (Phi) is 71.7. The quantitative estimate of drug-likeness (QED) is 0.0195. The van der Waals surface area contributed by atoms with Gasteiger partial charge < -0.3 is 33.3 Å². The molecular formula is C88H143NO8. The number of hydrogen-bond donors (Lipinski definition) is 0. The van der Waals surface area contributed by atoms with Crippen LogP contribution >= 0.6 is 0 Å². The predicted octanol–water partition coefficient (Wildman–Crippen LogP) is 23.8. The highest BCUT2D eigenvalue weighted by Crippen LogP contribution is 2.17. The van der Waals surface area contributed by atoms with Gasteiger partial charge in [-0.25, -0.2) is 0 Å². The standard InChI is InChI=1S/C88H143NO8/c1-6-8-10-12-14-16-18-20-22-24-26-28-30-32-34-36-38-40-42-43-45-47-49-51-53-55-57-59-61-63-65-67-69-71-73-75-77-79-86(91)97-84(83-96-88(87(92)93)94-81-80-89(3,4)5)82-95-85(90)78-76-74-72-70-68-66-64-62-60-58-56-54-52-50-48-46-44-41-39-37-35-33-31-29-27-25-23-21-19-17-15-13-11-9-7-2/h8-11,14-17,20-23,26-29,32,34,38,40,43,45,49,51,55,57,61,63,67,69,84,88H,6-7,12-13,18-19,24-25,30-31,33,35-37,39,41-42,44,46-48,50,52-54,56,58-60,62,64-66,68,70-83H2,1-5H3/b10-8-,11-9-,16-14-,17-15-,22-20-,23-21-,28-26-,29-27-,34-32-,40-38-,45-43-,51-49-,57-55-,63-61-,69-67-. The molecule has 0 bridgehead atoms. The van der Waals surface area contributed by atoms with Crippen LogP contribution in [0.1, 0.15) is 296 Å². The number of carbonyl (C=O) groups is 3. The van der Waals surface area contributed by atoms with E-state index in [1.54, 1.807) is 0 Å². The van der Waals surface area contributed by atoms with Crippen molar-refractivity contribution in [2.45, 2.75) is 309 Å². The van der Waals surface area contributed by atoms with Crippen LogP contribution in [0.15, 0.2) is 182 Å². The summed E-state index contributed by atoms with van der Waals surface area (Å²) in [4.78, 5) is 37.6. The Bertz CT molecular complexity index is 2260. The number of carboxylic acid groups (broad SMARTS) is 1. The van der Waals surface area contributed by atoms with E-state index in [1.807, 2.05) is 21.1 Å². The van der Waals surface area contributed by atoms with Crippen molar-refractivity contribution in [3.8, 4) is 0 Å². The number of allylic oxidation sites excluding steroid dienone is 30. The monoisotopic (exact) mass is 1340 g/mol. The minimum absolute atomic E-state index is 0.133. The highest BCUT2D eigenvalue weighted by Gasteiger charge is 2.22. The van der Waals surface area contributed by atoms with Crippen LogP contribution in [0.25, 0.3) is 0 Å². The summed E-state index contributed by atoms with van der Waals surface area (Å²) in [6.07, 6.45) is 113. The third kappa shape index (κ3) is 77.6. The second kappa shape index (κ2) is 76.1. The molecule has 97 heavy (non-hydrogen) atoms. The Morgan fingerprint density at radius 1 is 0.309 bits per heavy atom. The van der Waals surface area contributed by atoms with Crippen molar-refractivity contribution in [1.29, 1.82) is 0 Å². The average molecular weight is 1340 g/mol. The maximum atomic E-state index is 13.0. The molecule has 9 nitrogen and oxygen atoms in total. The number of esters is 2.